The number of aromatic nitrogens is 2. The Hall–Kier alpha value is -2.43. The number of aryl methyl sites for hydroxylation is 4. The number of rotatable bonds is 5. The van der Waals surface area contributed by atoms with Gasteiger partial charge in [-0.3, -0.25) is 9.36 Å². The molecular weight excluding hydrogens is 302 g/mol. The van der Waals surface area contributed by atoms with Crippen LogP contribution in [0.1, 0.15) is 49.3 Å². The van der Waals surface area contributed by atoms with Crippen LogP contribution in [0.5, 0.6) is 0 Å². The fourth-order valence-corrected chi connectivity index (χ4v) is 2.98. The van der Waals surface area contributed by atoms with E-state index in [4.69, 9.17) is 0 Å². The lowest BCUT2D eigenvalue weighted by Crippen LogP contribution is -2.35. The second-order valence-corrected chi connectivity index (χ2v) is 6.02. The molecule has 1 atom stereocenters. The van der Waals surface area contributed by atoms with Gasteiger partial charge in [0.15, 0.2) is 0 Å². The van der Waals surface area contributed by atoms with Crippen molar-refractivity contribution in [3.8, 4) is 0 Å². The highest BCUT2D eigenvalue weighted by atomic mass is 16.2. The maximum Gasteiger partial charge on any atom is 0.348 e. The Bertz CT molecular complexity index is 786. The van der Waals surface area contributed by atoms with E-state index in [1.54, 1.807) is 13.8 Å². The van der Waals surface area contributed by atoms with Gasteiger partial charge < -0.3 is 5.32 Å². The summed E-state index contributed by atoms with van der Waals surface area (Å²) >= 11 is 0. The number of nitrogens with one attached hydrogen (secondary N) is 1. The number of nitrogens with zero attached hydrogens (tertiary/aromatic N) is 2. The third kappa shape index (κ3) is 3.55. The first-order chi connectivity index (χ1) is 11.4. The molecular formula is C19H25N3O2. The predicted octanol–water partition coefficient (Wildman–Crippen LogP) is 3.18. The molecule has 0 radical (unpaired) electrons. The van der Waals surface area contributed by atoms with Gasteiger partial charge in [-0.1, -0.05) is 32.0 Å². The molecule has 2 rings (SSSR count). The van der Waals surface area contributed by atoms with E-state index in [0.717, 1.165) is 35.3 Å². The third-order valence-corrected chi connectivity index (χ3v) is 4.29. The Kier molecular flexibility index (Phi) is 5.54. The van der Waals surface area contributed by atoms with Gasteiger partial charge in [0.1, 0.15) is 6.04 Å². The average Bonchev–Trinajstić information content (AvgIpc) is 2.53. The van der Waals surface area contributed by atoms with Crippen LogP contribution in [0.3, 0.4) is 0 Å². The van der Waals surface area contributed by atoms with Gasteiger partial charge >= 0.3 is 5.69 Å². The third-order valence-electron chi connectivity index (χ3n) is 4.29. The summed E-state index contributed by atoms with van der Waals surface area (Å²) in [7, 11) is 0. The van der Waals surface area contributed by atoms with Gasteiger partial charge in [-0.05, 0) is 50.8 Å². The summed E-state index contributed by atoms with van der Waals surface area (Å²) in [6.45, 7) is 9.44. The van der Waals surface area contributed by atoms with Crippen LogP contribution >= 0.6 is 0 Å². The molecule has 1 aromatic heterocycles. The van der Waals surface area contributed by atoms with Gasteiger partial charge in [0, 0.05) is 17.1 Å². The topological polar surface area (TPSA) is 64.0 Å². The van der Waals surface area contributed by atoms with E-state index in [9.17, 15) is 9.59 Å². The zero-order valence-corrected chi connectivity index (χ0v) is 15.0. The molecule has 0 aliphatic carbocycles. The number of hydrogen-bond donors (Lipinski definition) is 1. The molecule has 0 bridgehead atoms. The van der Waals surface area contributed by atoms with Gasteiger partial charge in [-0.2, -0.15) is 4.98 Å². The first kappa shape index (κ1) is 17.9. The number of carbonyl (C=O) groups is 1. The highest BCUT2D eigenvalue weighted by molar-refractivity contribution is 5.95. The lowest BCUT2D eigenvalue weighted by molar-refractivity contribution is -0.119. The molecule has 2 aromatic rings. The number of para-hydroxylation sites is 1. The van der Waals surface area contributed by atoms with Gasteiger partial charge in [0.2, 0.25) is 5.91 Å². The summed E-state index contributed by atoms with van der Waals surface area (Å²) in [6.07, 6.45) is 1.67. The highest BCUT2D eigenvalue weighted by Gasteiger charge is 2.20. The lowest BCUT2D eigenvalue weighted by Gasteiger charge is -2.20. The number of benzene rings is 1. The maximum absolute atomic E-state index is 12.7. The molecule has 1 aromatic carbocycles. The van der Waals surface area contributed by atoms with Crippen LogP contribution in [-0.4, -0.2) is 15.5 Å². The Balaban J connectivity index is 2.36. The summed E-state index contributed by atoms with van der Waals surface area (Å²) in [4.78, 5) is 28.9. The zero-order valence-electron chi connectivity index (χ0n) is 15.0. The average molecular weight is 327 g/mol. The van der Waals surface area contributed by atoms with Crippen molar-refractivity contribution >= 4 is 11.6 Å². The molecule has 5 nitrogen and oxygen atoms in total. The lowest BCUT2D eigenvalue weighted by atomic mass is 10.0. The monoisotopic (exact) mass is 327 g/mol. The van der Waals surface area contributed by atoms with E-state index in [1.165, 1.54) is 4.57 Å². The second kappa shape index (κ2) is 7.43. The van der Waals surface area contributed by atoms with Gasteiger partial charge in [-0.15, -0.1) is 0 Å². The van der Waals surface area contributed by atoms with Crippen LogP contribution in [-0.2, 0) is 17.6 Å². The van der Waals surface area contributed by atoms with Crippen molar-refractivity contribution in [2.75, 3.05) is 5.32 Å². The molecule has 24 heavy (non-hydrogen) atoms. The predicted molar refractivity (Wildman–Crippen MR) is 96.5 cm³/mol. The van der Waals surface area contributed by atoms with E-state index in [-0.39, 0.29) is 5.91 Å². The Labute approximate surface area is 142 Å². The number of hydrogen-bond acceptors (Lipinski definition) is 3. The van der Waals surface area contributed by atoms with Crippen LogP contribution in [0.25, 0.3) is 0 Å². The van der Waals surface area contributed by atoms with Crippen LogP contribution < -0.4 is 11.0 Å². The smallest absolute Gasteiger partial charge is 0.324 e. The largest absolute Gasteiger partial charge is 0.348 e. The van der Waals surface area contributed by atoms with Crippen LogP contribution in [0.15, 0.2) is 29.1 Å². The van der Waals surface area contributed by atoms with Crippen LogP contribution in [0.2, 0.25) is 0 Å². The first-order valence-corrected chi connectivity index (χ1v) is 8.37. The van der Waals surface area contributed by atoms with E-state index < -0.39 is 11.7 Å². The summed E-state index contributed by atoms with van der Waals surface area (Å²) in [5.41, 5.74) is 4.06. The molecule has 0 spiro atoms. The van der Waals surface area contributed by atoms with Gasteiger partial charge in [-0.25, -0.2) is 4.79 Å². The molecule has 0 aliphatic heterocycles. The number of anilines is 1. The van der Waals surface area contributed by atoms with Crippen molar-refractivity contribution < 1.29 is 4.79 Å². The highest BCUT2D eigenvalue weighted by Crippen LogP contribution is 2.23. The second-order valence-electron chi connectivity index (χ2n) is 6.02. The minimum Gasteiger partial charge on any atom is -0.324 e. The van der Waals surface area contributed by atoms with Crippen molar-refractivity contribution in [1.29, 1.82) is 0 Å². The van der Waals surface area contributed by atoms with Gasteiger partial charge in [0.25, 0.3) is 0 Å². The molecule has 1 amide bonds. The summed E-state index contributed by atoms with van der Waals surface area (Å²) in [5, 5.41) is 3.02. The normalized spacial score (nSPS) is 12.0. The SMILES string of the molecule is CCc1cccc(CC)c1NC(=O)C(C)n1c(C)cc(C)nc1=O. The molecule has 1 unspecified atom stereocenters. The quantitative estimate of drug-likeness (QED) is 0.917. The van der Waals surface area contributed by atoms with E-state index in [2.05, 4.69) is 24.1 Å². The zero-order chi connectivity index (χ0) is 17.9. The first-order valence-electron chi connectivity index (χ1n) is 8.37. The van der Waals surface area contributed by atoms with E-state index >= 15 is 0 Å². The molecule has 0 aliphatic rings. The van der Waals surface area contributed by atoms with Crippen LogP contribution in [0, 0.1) is 13.8 Å². The van der Waals surface area contributed by atoms with Crippen molar-refractivity contribution in [1.82, 2.24) is 9.55 Å². The summed E-state index contributed by atoms with van der Waals surface area (Å²) in [6, 6.07) is 7.23. The van der Waals surface area contributed by atoms with Crippen molar-refractivity contribution in [2.24, 2.45) is 0 Å². The Morgan fingerprint density at radius 1 is 1.21 bits per heavy atom. The minimum absolute atomic E-state index is 0.207. The number of carbonyl (C=O) groups excluding carboxylic acids is 1. The molecule has 1 N–H and O–H groups in total. The molecule has 0 fully saturated rings. The molecule has 0 saturated carbocycles. The Morgan fingerprint density at radius 2 is 1.79 bits per heavy atom. The minimum atomic E-state index is -0.625. The standard InChI is InChI=1S/C19H25N3O2/c1-6-15-9-8-10-16(7-2)17(15)21-18(23)14(5)22-13(4)11-12(3)20-19(22)24/h8-11,14H,6-7H2,1-5H3,(H,21,23). The summed E-state index contributed by atoms with van der Waals surface area (Å²) in [5.74, 6) is -0.207. The fraction of sp³-hybridized carbons (Fsp3) is 0.421. The van der Waals surface area contributed by atoms with E-state index in [1.807, 2.05) is 31.2 Å². The maximum atomic E-state index is 12.7. The Morgan fingerprint density at radius 3 is 2.29 bits per heavy atom. The number of amides is 1. The van der Waals surface area contributed by atoms with Crippen molar-refractivity contribution in [3.63, 3.8) is 0 Å². The van der Waals surface area contributed by atoms with E-state index in [0.29, 0.717) is 5.69 Å². The molecule has 0 saturated heterocycles. The summed E-state index contributed by atoms with van der Waals surface area (Å²) < 4.78 is 1.43. The van der Waals surface area contributed by atoms with Gasteiger partial charge in [0.05, 0.1) is 0 Å². The fourth-order valence-electron chi connectivity index (χ4n) is 2.98. The van der Waals surface area contributed by atoms with Crippen molar-refractivity contribution in [3.05, 3.63) is 57.3 Å². The molecule has 128 valence electrons. The van der Waals surface area contributed by atoms with Crippen molar-refractivity contribution in [2.45, 2.75) is 53.5 Å². The molecule has 5 heteroatoms. The molecule has 1 heterocycles. The van der Waals surface area contributed by atoms with Crippen LogP contribution in [0.4, 0.5) is 5.69 Å².